The van der Waals surface area contributed by atoms with Crippen molar-refractivity contribution >= 4 is 59.1 Å². The zero-order valence-electron chi connectivity index (χ0n) is 9.64. The number of hydrogen-bond donors (Lipinski definition) is 1. The number of halogens is 6. The molecule has 2 N–H and O–H groups in total. The van der Waals surface area contributed by atoms with Gasteiger partial charge in [0.25, 0.3) is 0 Å². The maximum absolute atomic E-state index is 12.9. The molecule has 8 heteroatoms. The van der Waals surface area contributed by atoms with Crippen LogP contribution in [-0.2, 0) is 6.18 Å². The van der Waals surface area contributed by atoms with E-state index < -0.39 is 17.8 Å². The van der Waals surface area contributed by atoms with Crippen LogP contribution in [0.2, 0.25) is 0 Å². The molecule has 1 aromatic carbocycles. The van der Waals surface area contributed by atoms with Gasteiger partial charge < -0.3 is 5.73 Å². The zero-order valence-corrected chi connectivity index (χ0v) is 15.2. The van der Waals surface area contributed by atoms with Crippen LogP contribution in [0.5, 0.6) is 0 Å². The Morgan fingerprint density at radius 2 is 1.70 bits per heavy atom. The first-order valence-electron chi connectivity index (χ1n) is 5.27. The summed E-state index contributed by atoms with van der Waals surface area (Å²) >= 11 is 11.0. The maximum Gasteiger partial charge on any atom is 0.417 e. The number of rotatable bonds is 2. The van der Waals surface area contributed by atoms with Crippen molar-refractivity contribution in [2.24, 2.45) is 5.73 Å². The standard InChI is InChI=1S/C12H7Br3F3NS/c13-7-2-1-5(3-6(7)12(16,17)18)10(19)9-4-8(14)11(15)20-9/h1-4,10H,19H2. The highest BCUT2D eigenvalue weighted by Crippen LogP contribution is 2.39. The van der Waals surface area contributed by atoms with Crippen LogP contribution in [-0.4, -0.2) is 0 Å². The Kier molecular flexibility index (Phi) is 5.01. The van der Waals surface area contributed by atoms with E-state index in [1.165, 1.54) is 17.4 Å². The summed E-state index contributed by atoms with van der Waals surface area (Å²) in [6, 6.07) is 5.24. The Morgan fingerprint density at radius 1 is 1.05 bits per heavy atom. The van der Waals surface area contributed by atoms with E-state index in [0.717, 1.165) is 19.2 Å². The molecular formula is C12H7Br3F3NS. The summed E-state index contributed by atoms with van der Waals surface area (Å²) in [6.45, 7) is 0. The van der Waals surface area contributed by atoms with Crippen LogP contribution >= 0.6 is 59.1 Å². The molecule has 0 aliphatic carbocycles. The van der Waals surface area contributed by atoms with Gasteiger partial charge in [0.05, 0.1) is 15.4 Å². The lowest BCUT2D eigenvalue weighted by Gasteiger charge is -2.14. The summed E-state index contributed by atoms with van der Waals surface area (Å²) in [6.07, 6.45) is -4.41. The molecule has 20 heavy (non-hydrogen) atoms. The van der Waals surface area contributed by atoms with Crippen LogP contribution in [0.3, 0.4) is 0 Å². The lowest BCUT2D eigenvalue weighted by atomic mass is 10.0. The van der Waals surface area contributed by atoms with Crippen molar-refractivity contribution in [2.75, 3.05) is 0 Å². The molecule has 2 rings (SSSR count). The highest BCUT2D eigenvalue weighted by atomic mass is 79.9. The third kappa shape index (κ3) is 3.47. The average molecular weight is 494 g/mol. The van der Waals surface area contributed by atoms with Gasteiger partial charge in [0, 0.05) is 13.8 Å². The molecule has 0 aliphatic heterocycles. The number of hydrogen-bond acceptors (Lipinski definition) is 2. The molecule has 108 valence electrons. The predicted octanol–water partition coefficient (Wildman–Crippen LogP) is 6.10. The summed E-state index contributed by atoms with van der Waals surface area (Å²) in [5.74, 6) is 0. The summed E-state index contributed by atoms with van der Waals surface area (Å²) < 4.78 is 40.3. The molecule has 1 atom stereocenters. The Labute approximate surface area is 142 Å². The quantitative estimate of drug-likeness (QED) is 0.537. The number of benzene rings is 1. The fourth-order valence-electron chi connectivity index (χ4n) is 1.63. The molecule has 0 saturated heterocycles. The molecule has 0 aliphatic rings. The summed E-state index contributed by atoms with van der Waals surface area (Å²) in [5, 5.41) is 0. The minimum atomic E-state index is -4.41. The SMILES string of the molecule is NC(c1ccc(Br)c(C(F)(F)F)c1)c1cc(Br)c(Br)s1. The van der Waals surface area contributed by atoms with Gasteiger partial charge in [0.2, 0.25) is 0 Å². The van der Waals surface area contributed by atoms with Crippen molar-refractivity contribution in [3.05, 3.63) is 53.0 Å². The molecule has 0 saturated carbocycles. The predicted molar refractivity (Wildman–Crippen MR) is 84.9 cm³/mol. The average Bonchev–Trinajstić information content (AvgIpc) is 2.68. The summed E-state index contributed by atoms with van der Waals surface area (Å²) in [4.78, 5) is 0.777. The van der Waals surface area contributed by atoms with Crippen molar-refractivity contribution in [3.8, 4) is 0 Å². The van der Waals surface area contributed by atoms with E-state index >= 15 is 0 Å². The molecule has 1 unspecified atom stereocenters. The third-order valence-electron chi connectivity index (χ3n) is 2.63. The second-order valence-corrected chi connectivity index (χ2v) is 8.10. The summed E-state index contributed by atoms with van der Waals surface area (Å²) in [5.41, 5.74) is 5.74. The molecule has 0 bridgehead atoms. The number of alkyl halides is 3. The van der Waals surface area contributed by atoms with Crippen molar-refractivity contribution in [1.29, 1.82) is 0 Å². The van der Waals surface area contributed by atoms with Gasteiger partial charge in [-0.2, -0.15) is 13.2 Å². The first-order valence-corrected chi connectivity index (χ1v) is 8.46. The Balaban J connectivity index is 2.43. The Bertz CT molecular complexity index is 620. The monoisotopic (exact) mass is 491 g/mol. The lowest BCUT2D eigenvalue weighted by molar-refractivity contribution is -0.138. The van der Waals surface area contributed by atoms with Crippen LogP contribution < -0.4 is 5.73 Å². The fraction of sp³-hybridized carbons (Fsp3) is 0.167. The van der Waals surface area contributed by atoms with Crippen LogP contribution in [0.15, 0.2) is 37.0 Å². The van der Waals surface area contributed by atoms with Crippen molar-refractivity contribution < 1.29 is 13.2 Å². The molecule has 0 fully saturated rings. The molecule has 2 aromatic rings. The zero-order chi connectivity index (χ0) is 15.1. The van der Waals surface area contributed by atoms with E-state index in [0.29, 0.717) is 5.56 Å². The van der Waals surface area contributed by atoms with Gasteiger partial charge in [-0.15, -0.1) is 11.3 Å². The topological polar surface area (TPSA) is 26.0 Å². The number of thiophene rings is 1. The number of nitrogens with two attached hydrogens (primary N) is 1. The van der Waals surface area contributed by atoms with Crippen LogP contribution in [0, 0.1) is 0 Å². The third-order valence-corrected chi connectivity index (χ3v) is 6.66. The van der Waals surface area contributed by atoms with Crippen LogP contribution in [0.25, 0.3) is 0 Å². The first kappa shape index (κ1) is 16.5. The molecule has 0 spiro atoms. The second kappa shape index (κ2) is 6.08. The molecule has 0 amide bonds. The van der Waals surface area contributed by atoms with Crippen LogP contribution in [0.1, 0.15) is 22.0 Å². The van der Waals surface area contributed by atoms with Crippen LogP contribution in [0.4, 0.5) is 13.2 Å². The van der Waals surface area contributed by atoms with E-state index in [-0.39, 0.29) is 4.47 Å². The fourth-order valence-corrected chi connectivity index (χ4v) is 4.23. The van der Waals surface area contributed by atoms with E-state index in [4.69, 9.17) is 5.73 Å². The summed E-state index contributed by atoms with van der Waals surface area (Å²) in [7, 11) is 0. The highest BCUT2D eigenvalue weighted by Gasteiger charge is 2.33. The molecule has 0 radical (unpaired) electrons. The largest absolute Gasteiger partial charge is 0.417 e. The van der Waals surface area contributed by atoms with E-state index in [1.807, 2.05) is 0 Å². The van der Waals surface area contributed by atoms with Gasteiger partial charge in [0.15, 0.2) is 0 Å². The minimum Gasteiger partial charge on any atom is -0.320 e. The van der Waals surface area contributed by atoms with Crippen molar-refractivity contribution in [3.63, 3.8) is 0 Å². The molecule has 1 heterocycles. The van der Waals surface area contributed by atoms with E-state index in [2.05, 4.69) is 47.8 Å². The van der Waals surface area contributed by atoms with Gasteiger partial charge >= 0.3 is 6.18 Å². The molecule has 1 aromatic heterocycles. The molecular weight excluding hydrogens is 487 g/mol. The highest BCUT2D eigenvalue weighted by molar-refractivity contribution is 9.13. The van der Waals surface area contributed by atoms with Gasteiger partial charge in [-0.3, -0.25) is 0 Å². The van der Waals surface area contributed by atoms with Gasteiger partial charge in [-0.25, -0.2) is 0 Å². The van der Waals surface area contributed by atoms with Crippen molar-refractivity contribution in [2.45, 2.75) is 12.2 Å². The Hall–Kier alpha value is 0.110. The van der Waals surface area contributed by atoms with Gasteiger partial charge in [-0.05, 0) is 55.6 Å². The van der Waals surface area contributed by atoms with Gasteiger partial charge in [0.1, 0.15) is 0 Å². The first-order chi connectivity index (χ1) is 9.20. The van der Waals surface area contributed by atoms with Gasteiger partial charge in [-0.1, -0.05) is 22.0 Å². The van der Waals surface area contributed by atoms with E-state index in [9.17, 15) is 13.2 Å². The lowest BCUT2D eigenvalue weighted by Crippen LogP contribution is -2.13. The smallest absolute Gasteiger partial charge is 0.320 e. The van der Waals surface area contributed by atoms with E-state index in [1.54, 1.807) is 12.1 Å². The Morgan fingerprint density at radius 3 is 2.20 bits per heavy atom. The second-order valence-electron chi connectivity index (χ2n) is 3.99. The maximum atomic E-state index is 12.9. The molecule has 1 nitrogen and oxygen atoms in total. The van der Waals surface area contributed by atoms with Crippen molar-refractivity contribution in [1.82, 2.24) is 0 Å². The normalized spacial score (nSPS) is 13.6. The minimum absolute atomic E-state index is 0.00879.